The summed E-state index contributed by atoms with van der Waals surface area (Å²) in [5.41, 5.74) is 0. The monoisotopic (exact) mass is 349 g/mol. The molecule has 1 amide bonds. The fraction of sp³-hybridized carbons (Fsp3) is 0.957. The van der Waals surface area contributed by atoms with Crippen LogP contribution in [0.1, 0.15) is 116 Å². The second-order valence-corrected chi connectivity index (χ2v) is 8.71. The van der Waals surface area contributed by atoms with E-state index in [1.54, 1.807) is 0 Å². The van der Waals surface area contributed by atoms with Gasteiger partial charge in [-0.15, -0.1) is 0 Å². The van der Waals surface area contributed by atoms with E-state index in [4.69, 9.17) is 0 Å². The zero-order chi connectivity index (χ0) is 17.7. The Balaban J connectivity index is 1.32. The number of unbranched alkanes of at least 4 members (excludes halogenated alkanes) is 9. The molecule has 0 spiro atoms. The number of amides is 1. The van der Waals surface area contributed by atoms with Crippen LogP contribution in [0.15, 0.2) is 0 Å². The number of hydrogen-bond donors (Lipinski definition) is 0. The van der Waals surface area contributed by atoms with Crippen molar-refractivity contribution in [3.8, 4) is 0 Å². The summed E-state index contributed by atoms with van der Waals surface area (Å²) >= 11 is 0. The lowest BCUT2D eigenvalue weighted by Gasteiger charge is -2.14. The third-order valence-corrected chi connectivity index (χ3v) is 6.42. The predicted octanol–water partition coefficient (Wildman–Crippen LogP) is 6.73. The van der Waals surface area contributed by atoms with Crippen LogP contribution in [0.3, 0.4) is 0 Å². The molecule has 146 valence electrons. The molecule has 2 atom stereocenters. The van der Waals surface area contributed by atoms with Gasteiger partial charge < -0.3 is 4.90 Å². The molecule has 2 fully saturated rings. The third-order valence-electron chi connectivity index (χ3n) is 6.42. The smallest absolute Gasteiger partial charge is 0.222 e. The summed E-state index contributed by atoms with van der Waals surface area (Å²) in [5, 5.41) is 0. The number of rotatable bonds is 15. The first-order chi connectivity index (χ1) is 12.3. The number of carbonyl (C=O) groups is 1. The standard InChI is InChI=1S/C23H43NO/c1-2-3-4-5-6-7-8-9-10-15-21-20-22(21)16-11-12-17-23(25)24-18-13-14-19-24/h21-22H,2-20H2,1H3. The highest BCUT2D eigenvalue weighted by Gasteiger charge is 2.35. The van der Waals surface area contributed by atoms with Gasteiger partial charge in [-0.25, -0.2) is 0 Å². The first kappa shape index (κ1) is 20.8. The Morgan fingerprint density at radius 3 is 1.88 bits per heavy atom. The van der Waals surface area contributed by atoms with Crippen LogP contribution in [0.25, 0.3) is 0 Å². The Kier molecular flexibility index (Phi) is 10.6. The minimum absolute atomic E-state index is 0.416. The molecular formula is C23H43NO. The topological polar surface area (TPSA) is 20.3 Å². The lowest BCUT2D eigenvalue weighted by atomic mass is 10.0. The van der Waals surface area contributed by atoms with Crippen molar-refractivity contribution in [2.75, 3.05) is 13.1 Å². The normalized spacial score (nSPS) is 22.5. The van der Waals surface area contributed by atoms with E-state index < -0.39 is 0 Å². The number of hydrogen-bond acceptors (Lipinski definition) is 1. The van der Waals surface area contributed by atoms with E-state index in [2.05, 4.69) is 11.8 Å². The molecule has 1 saturated carbocycles. The van der Waals surface area contributed by atoms with E-state index >= 15 is 0 Å². The molecule has 0 bridgehead atoms. The molecule has 1 aliphatic heterocycles. The Morgan fingerprint density at radius 1 is 0.760 bits per heavy atom. The van der Waals surface area contributed by atoms with E-state index in [1.165, 1.54) is 96.3 Å². The summed E-state index contributed by atoms with van der Waals surface area (Å²) < 4.78 is 0. The largest absolute Gasteiger partial charge is 0.343 e. The van der Waals surface area contributed by atoms with E-state index in [9.17, 15) is 4.79 Å². The summed E-state index contributed by atoms with van der Waals surface area (Å²) in [6, 6.07) is 0. The van der Waals surface area contributed by atoms with Gasteiger partial charge >= 0.3 is 0 Å². The average molecular weight is 350 g/mol. The molecular weight excluding hydrogens is 306 g/mol. The Labute approximate surface area is 157 Å². The second kappa shape index (κ2) is 12.8. The Hall–Kier alpha value is -0.530. The maximum absolute atomic E-state index is 12.0. The van der Waals surface area contributed by atoms with Gasteiger partial charge in [0.15, 0.2) is 0 Å². The maximum Gasteiger partial charge on any atom is 0.222 e. The molecule has 0 N–H and O–H groups in total. The van der Waals surface area contributed by atoms with Crippen LogP contribution < -0.4 is 0 Å². The second-order valence-electron chi connectivity index (χ2n) is 8.71. The number of likely N-dealkylation sites (tertiary alicyclic amines) is 1. The molecule has 1 heterocycles. The van der Waals surface area contributed by atoms with Crippen molar-refractivity contribution in [1.82, 2.24) is 4.90 Å². The average Bonchev–Trinajstić information content (AvgIpc) is 3.12. The molecule has 1 saturated heterocycles. The van der Waals surface area contributed by atoms with E-state index in [1.807, 2.05) is 0 Å². The van der Waals surface area contributed by atoms with Crippen LogP contribution in [-0.4, -0.2) is 23.9 Å². The van der Waals surface area contributed by atoms with Gasteiger partial charge in [-0.1, -0.05) is 84.0 Å². The van der Waals surface area contributed by atoms with Crippen LogP contribution in [0.5, 0.6) is 0 Å². The van der Waals surface area contributed by atoms with Crippen molar-refractivity contribution >= 4 is 5.91 Å². The van der Waals surface area contributed by atoms with Crippen LogP contribution in [0, 0.1) is 11.8 Å². The van der Waals surface area contributed by atoms with Crippen molar-refractivity contribution in [2.45, 2.75) is 116 Å². The summed E-state index contributed by atoms with van der Waals surface area (Å²) in [4.78, 5) is 14.1. The van der Waals surface area contributed by atoms with Crippen LogP contribution in [0.4, 0.5) is 0 Å². The highest BCUT2D eigenvalue weighted by molar-refractivity contribution is 5.76. The maximum atomic E-state index is 12.0. The van der Waals surface area contributed by atoms with Crippen LogP contribution in [0.2, 0.25) is 0 Å². The van der Waals surface area contributed by atoms with Crippen molar-refractivity contribution in [1.29, 1.82) is 0 Å². The quantitative estimate of drug-likeness (QED) is 0.300. The molecule has 0 aromatic carbocycles. The fourth-order valence-electron chi connectivity index (χ4n) is 4.54. The molecule has 0 aromatic heterocycles. The lowest BCUT2D eigenvalue weighted by molar-refractivity contribution is -0.130. The Morgan fingerprint density at radius 2 is 1.28 bits per heavy atom. The SMILES string of the molecule is CCCCCCCCCCCC1CC1CCCCC(=O)N1CCCC1. The molecule has 2 rings (SSSR count). The fourth-order valence-corrected chi connectivity index (χ4v) is 4.54. The van der Waals surface area contributed by atoms with E-state index in [0.717, 1.165) is 37.8 Å². The molecule has 2 nitrogen and oxygen atoms in total. The van der Waals surface area contributed by atoms with Crippen molar-refractivity contribution in [3.05, 3.63) is 0 Å². The Bertz CT molecular complexity index is 348. The van der Waals surface area contributed by atoms with Crippen LogP contribution in [-0.2, 0) is 4.79 Å². The van der Waals surface area contributed by atoms with Gasteiger partial charge in [0, 0.05) is 19.5 Å². The van der Waals surface area contributed by atoms with E-state index in [-0.39, 0.29) is 0 Å². The summed E-state index contributed by atoms with van der Waals surface area (Å²) in [7, 11) is 0. The summed E-state index contributed by atoms with van der Waals surface area (Å²) in [6.45, 7) is 4.32. The minimum atomic E-state index is 0.416. The molecule has 2 heteroatoms. The number of carbonyl (C=O) groups excluding carboxylic acids is 1. The van der Waals surface area contributed by atoms with Gasteiger partial charge in [-0.2, -0.15) is 0 Å². The molecule has 2 aliphatic rings. The number of nitrogens with zero attached hydrogens (tertiary/aromatic N) is 1. The highest BCUT2D eigenvalue weighted by atomic mass is 16.2. The summed E-state index contributed by atoms with van der Waals surface area (Å²) in [5.74, 6) is 2.47. The van der Waals surface area contributed by atoms with Gasteiger partial charge in [0.2, 0.25) is 5.91 Å². The first-order valence-electron chi connectivity index (χ1n) is 11.6. The van der Waals surface area contributed by atoms with Gasteiger partial charge in [-0.05, 0) is 37.5 Å². The van der Waals surface area contributed by atoms with Gasteiger partial charge in [0.05, 0.1) is 0 Å². The molecule has 25 heavy (non-hydrogen) atoms. The van der Waals surface area contributed by atoms with Crippen LogP contribution >= 0.6 is 0 Å². The van der Waals surface area contributed by atoms with Gasteiger partial charge in [0.1, 0.15) is 0 Å². The van der Waals surface area contributed by atoms with Gasteiger partial charge in [0.25, 0.3) is 0 Å². The summed E-state index contributed by atoms with van der Waals surface area (Å²) in [6.07, 6.45) is 23.0. The minimum Gasteiger partial charge on any atom is -0.343 e. The molecule has 2 unspecified atom stereocenters. The van der Waals surface area contributed by atoms with Crippen molar-refractivity contribution in [2.24, 2.45) is 11.8 Å². The zero-order valence-electron chi connectivity index (χ0n) is 16.9. The van der Waals surface area contributed by atoms with Crippen molar-refractivity contribution < 1.29 is 4.79 Å². The van der Waals surface area contributed by atoms with Gasteiger partial charge in [-0.3, -0.25) is 4.79 Å². The lowest BCUT2D eigenvalue weighted by Crippen LogP contribution is -2.27. The molecule has 0 aromatic rings. The zero-order valence-corrected chi connectivity index (χ0v) is 16.9. The van der Waals surface area contributed by atoms with E-state index in [0.29, 0.717) is 5.91 Å². The molecule has 1 aliphatic carbocycles. The van der Waals surface area contributed by atoms with Crippen molar-refractivity contribution in [3.63, 3.8) is 0 Å². The molecule has 0 radical (unpaired) electrons. The predicted molar refractivity (Wildman–Crippen MR) is 108 cm³/mol. The first-order valence-corrected chi connectivity index (χ1v) is 11.6. The highest BCUT2D eigenvalue weighted by Crippen LogP contribution is 2.45. The third kappa shape index (κ3) is 9.11.